The predicted octanol–water partition coefficient (Wildman–Crippen LogP) is 3.37. The molecule has 0 unspecified atom stereocenters. The molecule has 0 aliphatic rings. The molecule has 1 heterocycles. The Bertz CT molecular complexity index is 628. The molecule has 2 aromatic rings. The van der Waals surface area contributed by atoms with Gasteiger partial charge in [0.1, 0.15) is 5.76 Å². The number of carbonyl (C=O) groups is 1. The highest BCUT2D eigenvalue weighted by molar-refractivity contribution is 5.91. The van der Waals surface area contributed by atoms with Crippen molar-refractivity contribution in [1.29, 1.82) is 0 Å². The Balaban J connectivity index is 2.42. The number of ketones is 1. The Morgan fingerprint density at radius 2 is 2.00 bits per heavy atom. The molecule has 0 spiro atoms. The zero-order valence-corrected chi connectivity index (χ0v) is 9.97. The van der Waals surface area contributed by atoms with Crippen LogP contribution in [0.3, 0.4) is 0 Å². The summed E-state index contributed by atoms with van der Waals surface area (Å²) in [7, 11) is 0. The summed E-state index contributed by atoms with van der Waals surface area (Å²) in [4.78, 5) is 21.4. The first-order valence-electron chi connectivity index (χ1n) is 5.35. The quantitative estimate of drug-likeness (QED) is 0.472. The van der Waals surface area contributed by atoms with E-state index < -0.39 is 4.92 Å². The Morgan fingerprint density at radius 3 is 2.50 bits per heavy atom. The molecule has 0 amide bonds. The van der Waals surface area contributed by atoms with E-state index in [4.69, 9.17) is 4.42 Å². The molecule has 0 atom stereocenters. The van der Waals surface area contributed by atoms with Gasteiger partial charge in [0.15, 0.2) is 11.5 Å². The van der Waals surface area contributed by atoms with Gasteiger partial charge in [-0.25, -0.2) is 0 Å². The molecule has 0 radical (unpaired) electrons. The number of hydrogen-bond donors (Lipinski definition) is 0. The molecule has 0 N–H and O–H groups in total. The minimum atomic E-state index is -0.428. The van der Waals surface area contributed by atoms with Crippen LogP contribution in [0.4, 0.5) is 5.69 Å². The lowest BCUT2D eigenvalue weighted by atomic mass is 10.1. The fourth-order valence-corrected chi connectivity index (χ4v) is 1.70. The van der Waals surface area contributed by atoms with Crippen LogP contribution in [-0.4, -0.2) is 10.7 Å². The van der Waals surface area contributed by atoms with Gasteiger partial charge < -0.3 is 4.42 Å². The van der Waals surface area contributed by atoms with Crippen LogP contribution in [0.15, 0.2) is 34.7 Å². The zero-order chi connectivity index (χ0) is 13.3. The minimum Gasteiger partial charge on any atom is -0.453 e. The Labute approximate surface area is 103 Å². The molecule has 0 aliphatic carbocycles. The van der Waals surface area contributed by atoms with Crippen molar-refractivity contribution in [3.05, 3.63) is 51.8 Å². The van der Waals surface area contributed by atoms with Gasteiger partial charge in [-0.1, -0.05) is 0 Å². The lowest BCUT2D eigenvalue weighted by Crippen LogP contribution is -1.91. The maximum Gasteiger partial charge on any atom is 0.272 e. The van der Waals surface area contributed by atoms with E-state index in [0.29, 0.717) is 16.9 Å². The fraction of sp³-hybridized carbons (Fsp3) is 0.154. The molecule has 1 aromatic carbocycles. The molecule has 5 heteroatoms. The lowest BCUT2D eigenvalue weighted by molar-refractivity contribution is -0.385. The van der Waals surface area contributed by atoms with Crippen LogP contribution < -0.4 is 0 Å². The number of nitro benzene ring substituents is 1. The second-order valence-corrected chi connectivity index (χ2v) is 3.98. The van der Waals surface area contributed by atoms with E-state index in [-0.39, 0.29) is 17.2 Å². The van der Waals surface area contributed by atoms with Crippen molar-refractivity contribution in [3.8, 4) is 11.3 Å². The minimum absolute atomic E-state index is 0.0668. The standard InChI is InChI=1S/C13H11NO4/c1-8-7-10(3-4-11(8)14(16)17)13-6-5-12(18-13)9(2)15/h3-7H,1-2H3. The Hall–Kier alpha value is -2.43. The van der Waals surface area contributed by atoms with Gasteiger partial charge >= 0.3 is 0 Å². The third kappa shape index (κ3) is 2.15. The number of nitrogens with zero attached hydrogens (tertiary/aromatic N) is 1. The summed E-state index contributed by atoms with van der Waals surface area (Å²) in [5, 5.41) is 10.7. The monoisotopic (exact) mass is 245 g/mol. The van der Waals surface area contributed by atoms with Gasteiger partial charge in [0.05, 0.1) is 4.92 Å². The summed E-state index contributed by atoms with van der Waals surface area (Å²) in [6, 6.07) is 7.97. The molecule has 0 saturated carbocycles. The van der Waals surface area contributed by atoms with E-state index in [0.717, 1.165) is 0 Å². The van der Waals surface area contributed by atoms with E-state index in [1.165, 1.54) is 13.0 Å². The topological polar surface area (TPSA) is 73.3 Å². The van der Waals surface area contributed by atoms with Crippen LogP contribution in [-0.2, 0) is 0 Å². The van der Waals surface area contributed by atoms with E-state index in [2.05, 4.69) is 0 Å². The second-order valence-electron chi connectivity index (χ2n) is 3.98. The lowest BCUT2D eigenvalue weighted by Gasteiger charge is -2.00. The number of aryl methyl sites for hydroxylation is 1. The van der Waals surface area contributed by atoms with Gasteiger partial charge in [0.25, 0.3) is 5.69 Å². The zero-order valence-electron chi connectivity index (χ0n) is 9.97. The summed E-state index contributed by atoms with van der Waals surface area (Å²) >= 11 is 0. The van der Waals surface area contributed by atoms with Crippen LogP contribution in [0, 0.1) is 17.0 Å². The molecular weight excluding hydrogens is 234 g/mol. The first kappa shape index (κ1) is 12.0. The van der Waals surface area contributed by atoms with Crippen molar-refractivity contribution < 1.29 is 14.1 Å². The van der Waals surface area contributed by atoms with Gasteiger partial charge in [-0.2, -0.15) is 0 Å². The van der Waals surface area contributed by atoms with E-state index in [1.807, 2.05) is 0 Å². The summed E-state index contributed by atoms with van der Waals surface area (Å²) in [5.74, 6) is 0.652. The maximum atomic E-state index is 11.1. The number of rotatable bonds is 3. The van der Waals surface area contributed by atoms with Crippen LogP contribution >= 0.6 is 0 Å². The number of furan rings is 1. The molecule has 0 aliphatic heterocycles. The average molecular weight is 245 g/mol. The van der Waals surface area contributed by atoms with E-state index in [9.17, 15) is 14.9 Å². The van der Waals surface area contributed by atoms with Crippen LogP contribution in [0.25, 0.3) is 11.3 Å². The average Bonchev–Trinajstić information content (AvgIpc) is 2.77. The van der Waals surface area contributed by atoms with Crippen molar-refractivity contribution >= 4 is 11.5 Å². The molecule has 0 fully saturated rings. The third-order valence-corrected chi connectivity index (χ3v) is 2.63. The third-order valence-electron chi connectivity index (χ3n) is 2.63. The van der Waals surface area contributed by atoms with Crippen molar-refractivity contribution in [3.63, 3.8) is 0 Å². The van der Waals surface area contributed by atoms with Crippen LogP contribution in [0.5, 0.6) is 0 Å². The summed E-state index contributed by atoms with van der Waals surface area (Å²) < 4.78 is 5.37. The molecule has 5 nitrogen and oxygen atoms in total. The van der Waals surface area contributed by atoms with Crippen LogP contribution in [0.2, 0.25) is 0 Å². The van der Waals surface area contributed by atoms with Crippen LogP contribution in [0.1, 0.15) is 23.0 Å². The predicted molar refractivity (Wildman–Crippen MR) is 65.5 cm³/mol. The van der Waals surface area contributed by atoms with Gasteiger partial charge in [-0.05, 0) is 31.2 Å². The second kappa shape index (κ2) is 4.44. The summed E-state index contributed by atoms with van der Waals surface area (Å²) in [6.07, 6.45) is 0. The molecule has 18 heavy (non-hydrogen) atoms. The fourth-order valence-electron chi connectivity index (χ4n) is 1.70. The molecule has 2 rings (SSSR count). The number of nitro groups is 1. The smallest absolute Gasteiger partial charge is 0.272 e. The van der Waals surface area contributed by atoms with Gasteiger partial charge in [0.2, 0.25) is 0 Å². The number of Topliss-reactive ketones (excluding diaryl/α,β-unsaturated/α-hetero) is 1. The number of hydrogen-bond acceptors (Lipinski definition) is 4. The highest BCUT2D eigenvalue weighted by atomic mass is 16.6. The maximum absolute atomic E-state index is 11.1. The van der Waals surface area contributed by atoms with Gasteiger partial charge in [0, 0.05) is 24.1 Å². The first-order valence-corrected chi connectivity index (χ1v) is 5.35. The largest absolute Gasteiger partial charge is 0.453 e. The van der Waals surface area contributed by atoms with Crippen molar-refractivity contribution in [1.82, 2.24) is 0 Å². The SMILES string of the molecule is CC(=O)c1ccc(-c2ccc([N+](=O)[O-])c(C)c2)o1. The van der Waals surface area contributed by atoms with Crippen molar-refractivity contribution in [2.75, 3.05) is 0 Å². The Morgan fingerprint density at radius 1 is 1.28 bits per heavy atom. The molecule has 0 bridgehead atoms. The number of carbonyl (C=O) groups excluding carboxylic acids is 1. The Kier molecular flexibility index (Phi) is 2.97. The summed E-state index contributed by atoms with van der Waals surface area (Å²) in [5.41, 5.74) is 1.33. The number of benzene rings is 1. The molecule has 1 aromatic heterocycles. The first-order chi connectivity index (χ1) is 8.49. The highest BCUT2D eigenvalue weighted by Crippen LogP contribution is 2.27. The highest BCUT2D eigenvalue weighted by Gasteiger charge is 2.13. The molecule has 92 valence electrons. The van der Waals surface area contributed by atoms with E-state index in [1.54, 1.807) is 31.2 Å². The molecular formula is C13H11NO4. The van der Waals surface area contributed by atoms with Gasteiger partial charge in [-0.15, -0.1) is 0 Å². The summed E-state index contributed by atoms with van der Waals surface area (Å²) in [6.45, 7) is 3.08. The molecule has 0 saturated heterocycles. The van der Waals surface area contributed by atoms with Gasteiger partial charge in [-0.3, -0.25) is 14.9 Å². The van der Waals surface area contributed by atoms with E-state index >= 15 is 0 Å². The van der Waals surface area contributed by atoms with Crippen molar-refractivity contribution in [2.45, 2.75) is 13.8 Å². The van der Waals surface area contributed by atoms with Crippen molar-refractivity contribution in [2.24, 2.45) is 0 Å². The normalized spacial score (nSPS) is 10.3.